The molecule has 0 aromatic carbocycles. The number of hydrogen-bond acceptors (Lipinski definition) is 3. The highest BCUT2D eigenvalue weighted by molar-refractivity contribution is 5.85. The van der Waals surface area contributed by atoms with E-state index < -0.39 is 0 Å². The lowest BCUT2D eigenvalue weighted by Gasteiger charge is -2.35. The highest BCUT2D eigenvalue weighted by Gasteiger charge is 2.36. The zero-order valence-corrected chi connectivity index (χ0v) is 10.4. The number of Topliss-reactive ketones (excluding diaryl/α,β-unsaturated/α-hetero) is 1. The molecule has 2 aliphatic rings. The van der Waals surface area contributed by atoms with Crippen LogP contribution in [0.2, 0.25) is 0 Å². The van der Waals surface area contributed by atoms with Gasteiger partial charge in [-0.15, -0.1) is 0 Å². The molecule has 16 heavy (non-hydrogen) atoms. The van der Waals surface area contributed by atoms with E-state index in [4.69, 9.17) is 4.74 Å². The number of ether oxygens (including phenoxy) is 1. The molecule has 2 aliphatic heterocycles. The van der Waals surface area contributed by atoms with Gasteiger partial charge in [0.15, 0.2) is 5.78 Å². The summed E-state index contributed by atoms with van der Waals surface area (Å²) in [6.45, 7) is 6.93. The van der Waals surface area contributed by atoms with Crippen molar-refractivity contribution in [1.29, 1.82) is 0 Å². The van der Waals surface area contributed by atoms with Crippen LogP contribution in [0.1, 0.15) is 39.5 Å². The van der Waals surface area contributed by atoms with Crippen LogP contribution in [0.5, 0.6) is 0 Å². The number of nitrogens with zero attached hydrogens (tertiary/aromatic N) is 1. The summed E-state index contributed by atoms with van der Waals surface area (Å²) < 4.78 is 5.75. The van der Waals surface area contributed by atoms with Crippen LogP contribution in [-0.2, 0) is 9.53 Å². The van der Waals surface area contributed by atoms with Crippen LogP contribution in [0, 0.1) is 5.92 Å². The summed E-state index contributed by atoms with van der Waals surface area (Å²) in [5.74, 6) is 0.527. The minimum absolute atomic E-state index is 0.153. The van der Waals surface area contributed by atoms with Gasteiger partial charge in [-0.1, -0.05) is 13.8 Å². The fourth-order valence-electron chi connectivity index (χ4n) is 2.94. The molecule has 0 aliphatic carbocycles. The van der Waals surface area contributed by atoms with Crippen LogP contribution in [0.15, 0.2) is 0 Å². The van der Waals surface area contributed by atoms with E-state index in [1.807, 2.05) is 0 Å². The van der Waals surface area contributed by atoms with Gasteiger partial charge in [-0.2, -0.15) is 0 Å². The Bertz CT molecular complexity index is 250. The Kier molecular flexibility index (Phi) is 3.98. The van der Waals surface area contributed by atoms with E-state index >= 15 is 0 Å². The van der Waals surface area contributed by atoms with Crippen molar-refractivity contribution in [2.75, 3.05) is 19.7 Å². The van der Waals surface area contributed by atoms with Crippen LogP contribution < -0.4 is 0 Å². The first kappa shape index (κ1) is 12.1. The Hall–Kier alpha value is -0.410. The normalized spacial score (nSPS) is 30.7. The molecule has 0 radical (unpaired) electrons. The number of hydrogen-bond donors (Lipinski definition) is 0. The summed E-state index contributed by atoms with van der Waals surface area (Å²) in [6.07, 6.45) is 4.24. The Morgan fingerprint density at radius 2 is 2.19 bits per heavy atom. The molecular formula is C13H23NO2. The van der Waals surface area contributed by atoms with Crippen molar-refractivity contribution in [3.63, 3.8) is 0 Å². The number of fused-ring (bicyclic) bond motifs is 1. The predicted octanol–water partition coefficient (Wildman–Crippen LogP) is 1.85. The van der Waals surface area contributed by atoms with Gasteiger partial charge in [0.05, 0.1) is 6.61 Å². The van der Waals surface area contributed by atoms with Gasteiger partial charge in [-0.05, 0) is 32.2 Å². The van der Waals surface area contributed by atoms with E-state index in [-0.39, 0.29) is 12.0 Å². The molecule has 3 heteroatoms. The van der Waals surface area contributed by atoms with Crippen LogP contribution in [0.3, 0.4) is 0 Å². The maximum absolute atomic E-state index is 12.2. The second-order valence-corrected chi connectivity index (χ2v) is 5.03. The van der Waals surface area contributed by atoms with Gasteiger partial charge < -0.3 is 4.74 Å². The number of morpholine rings is 1. The zero-order valence-electron chi connectivity index (χ0n) is 10.4. The molecule has 0 N–H and O–H groups in total. The lowest BCUT2D eigenvalue weighted by atomic mass is 9.93. The van der Waals surface area contributed by atoms with E-state index in [9.17, 15) is 4.79 Å². The SMILES string of the molecule is CCC(CC)C(=O)C1CN2CCCC2CO1. The largest absolute Gasteiger partial charge is 0.367 e. The molecule has 0 spiro atoms. The Balaban J connectivity index is 1.92. The average Bonchev–Trinajstić information content (AvgIpc) is 2.77. The number of carbonyl (C=O) groups excluding carboxylic acids is 1. The topological polar surface area (TPSA) is 29.5 Å². The third kappa shape index (κ3) is 2.30. The third-order valence-corrected chi connectivity index (χ3v) is 4.09. The number of ketones is 1. The van der Waals surface area contributed by atoms with Crippen LogP contribution >= 0.6 is 0 Å². The van der Waals surface area contributed by atoms with Gasteiger partial charge in [-0.25, -0.2) is 0 Å². The van der Waals surface area contributed by atoms with Gasteiger partial charge >= 0.3 is 0 Å². The number of rotatable bonds is 4. The molecule has 0 aromatic heterocycles. The van der Waals surface area contributed by atoms with Crippen LogP contribution in [-0.4, -0.2) is 42.5 Å². The minimum Gasteiger partial charge on any atom is -0.367 e. The Labute approximate surface area is 98.1 Å². The highest BCUT2D eigenvalue weighted by Crippen LogP contribution is 2.25. The van der Waals surface area contributed by atoms with Gasteiger partial charge in [0.25, 0.3) is 0 Å². The van der Waals surface area contributed by atoms with Crippen molar-refractivity contribution in [1.82, 2.24) is 4.90 Å². The summed E-state index contributed by atoms with van der Waals surface area (Å²) in [5.41, 5.74) is 0. The van der Waals surface area contributed by atoms with Crippen molar-refractivity contribution >= 4 is 5.78 Å². The molecule has 0 amide bonds. The first-order valence-corrected chi connectivity index (χ1v) is 6.65. The molecule has 92 valence electrons. The lowest BCUT2D eigenvalue weighted by molar-refractivity contribution is -0.142. The standard InChI is InChI=1S/C13H23NO2/c1-3-10(4-2)13(15)12-8-14-7-5-6-11(14)9-16-12/h10-12H,3-9H2,1-2H3. The monoisotopic (exact) mass is 225 g/mol. The second-order valence-electron chi connectivity index (χ2n) is 5.03. The van der Waals surface area contributed by atoms with E-state index in [0.29, 0.717) is 11.8 Å². The van der Waals surface area contributed by atoms with Crippen molar-refractivity contribution in [2.45, 2.75) is 51.7 Å². The minimum atomic E-state index is -0.153. The van der Waals surface area contributed by atoms with E-state index in [1.165, 1.54) is 12.8 Å². The Morgan fingerprint density at radius 3 is 2.88 bits per heavy atom. The molecular weight excluding hydrogens is 202 g/mol. The molecule has 2 atom stereocenters. The molecule has 0 saturated carbocycles. The summed E-state index contributed by atoms with van der Waals surface area (Å²) in [7, 11) is 0. The van der Waals surface area contributed by atoms with Gasteiger partial charge in [-0.3, -0.25) is 9.69 Å². The maximum atomic E-state index is 12.2. The summed E-state index contributed by atoms with van der Waals surface area (Å²) in [4.78, 5) is 14.6. The average molecular weight is 225 g/mol. The fraction of sp³-hybridized carbons (Fsp3) is 0.923. The van der Waals surface area contributed by atoms with Crippen molar-refractivity contribution in [2.24, 2.45) is 5.92 Å². The van der Waals surface area contributed by atoms with Gasteiger partial charge in [0.2, 0.25) is 0 Å². The smallest absolute Gasteiger partial charge is 0.165 e. The molecule has 2 unspecified atom stereocenters. The summed E-state index contributed by atoms with van der Waals surface area (Å²) in [5, 5.41) is 0. The molecule has 0 bridgehead atoms. The molecule has 2 fully saturated rings. The number of carbonyl (C=O) groups is 1. The molecule has 3 nitrogen and oxygen atoms in total. The molecule has 2 saturated heterocycles. The van der Waals surface area contributed by atoms with Crippen molar-refractivity contribution < 1.29 is 9.53 Å². The molecule has 2 heterocycles. The fourth-order valence-corrected chi connectivity index (χ4v) is 2.94. The molecule has 0 aromatic rings. The summed E-state index contributed by atoms with van der Waals surface area (Å²) in [6, 6.07) is 0.589. The van der Waals surface area contributed by atoms with Crippen LogP contribution in [0.4, 0.5) is 0 Å². The second kappa shape index (κ2) is 5.28. The van der Waals surface area contributed by atoms with Gasteiger partial charge in [0, 0.05) is 18.5 Å². The summed E-state index contributed by atoms with van der Waals surface area (Å²) >= 11 is 0. The third-order valence-electron chi connectivity index (χ3n) is 4.09. The van der Waals surface area contributed by atoms with E-state index in [1.54, 1.807) is 0 Å². The van der Waals surface area contributed by atoms with E-state index in [2.05, 4.69) is 18.7 Å². The van der Waals surface area contributed by atoms with Gasteiger partial charge in [0.1, 0.15) is 6.10 Å². The van der Waals surface area contributed by atoms with E-state index in [0.717, 1.165) is 32.5 Å². The first-order chi connectivity index (χ1) is 7.76. The first-order valence-electron chi connectivity index (χ1n) is 6.65. The van der Waals surface area contributed by atoms with Crippen molar-refractivity contribution in [3.8, 4) is 0 Å². The van der Waals surface area contributed by atoms with Crippen LogP contribution in [0.25, 0.3) is 0 Å². The lowest BCUT2D eigenvalue weighted by Crippen LogP contribution is -2.50. The zero-order chi connectivity index (χ0) is 11.5. The highest BCUT2D eigenvalue weighted by atomic mass is 16.5. The predicted molar refractivity (Wildman–Crippen MR) is 63.4 cm³/mol. The maximum Gasteiger partial charge on any atom is 0.165 e. The Morgan fingerprint density at radius 1 is 1.44 bits per heavy atom. The molecule has 2 rings (SSSR count). The quantitative estimate of drug-likeness (QED) is 0.731. The van der Waals surface area contributed by atoms with Crippen molar-refractivity contribution in [3.05, 3.63) is 0 Å².